The standard InChI is InChI=1S/C27H28N6O2S.H2S/c1-33(2)15-12-23(30-25(34)19-6-8-22(28)9-7-19)26(35)32-27-31-24(17-36-27)21-5-3-4-20(16-21)18-10-13-29-14-11-18;/h3-11,13-14,16-17,23H,12,15,28H2,1-2H3,(H,30,34)(H,31,32,35);1H2/t23-;/m0./s1. The lowest BCUT2D eigenvalue weighted by molar-refractivity contribution is -0.118. The topological polar surface area (TPSA) is 113 Å². The molecule has 1 atom stereocenters. The minimum absolute atomic E-state index is 0. The number of nitrogen functional groups attached to an aromatic ring is 1. The van der Waals surface area contributed by atoms with Crippen molar-refractivity contribution in [3.05, 3.63) is 84.0 Å². The molecular formula is C27H30N6O2S2. The molecule has 0 radical (unpaired) electrons. The monoisotopic (exact) mass is 534 g/mol. The van der Waals surface area contributed by atoms with E-state index in [1.165, 1.54) is 11.3 Å². The van der Waals surface area contributed by atoms with Crippen molar-refractivity contribution in [2.45, 2.75) is 12.5 Å². The van der Waals surface area contributed by atoms with Gasteiger partial charge in [0.05, 0.1) is 5.69 Å². The van der Waals surface area contributed by atoms with E-state index in [2.05, 4.69) is 26.7 Å². The van der Waals surface area contributed by atoms with Gasteiger partial charge in [-0.2, -0.15) is 13.5 Å². The van der Waals surface area contributed by atoms with Gasteiger partial charge < -0.3 is 21.3 Å². The predicted octanol–water partition coefficient (Wildman–Crippen LogP) is 4.26. The summed E-state index contributed by atoms with van der Waals surface area (Å²) >= 11 is 1.34. The molecule has 2 aromatic heterocycles. The average molecular weight is 535 g/mol. The number of pyridine rings is 1. The SMILES string of the molecule is CN(C)CC[C@H](NC(=O)c1ccc(N)cc1)C(=O)Nc1nc(-c2cccc(-c3ccncc3)c2)cs1.S. The van der Waals surface area contributed by atoms with Gasteiger partial charge in [0, 0.05) is 34.6 Å². The smallest absolute Gasteiger partial charge is 0.251 e. The molecule has 0 bridgehead atoms. The molecule has 0 aliphatic carbocycles. The van der Waals surface area contributed by atoms with Crippen LogP contribution in [-0.2, 0) is 4.79 Å². The number of benzene rings is 2. The van der Waals surface area contributed by atoms with Gasteiger partial charge in [-0.1, -0.05) is 18.2 Å². The highest BCUT2D eigenvalue weighted by atomic mass is 32.1. The lowest BCUT2D eigenvalue weighted by Gasteiger charge is -2.20. The number of amides is 2. The molecule has 2 heterocycles. The first-order chi connectivity index (χ1) is 17.4. The minimum atomic E-state index is -0.722. The number of thiazole rings is 1. The van der Waals surface area contributed by atoms with Crippen LogP contribution in [-0.4, -0.2) is 53.4 Å². The normalized spacial score (nSPS) is 11.4. The molecule has 0 aliphatic heterocycles. The number of hydrogen-bond donors (Lipinski definition) is 3. The molecule has 0 spiro atoms. The Kier molecular flexibility index (Phi) is 9.78. The highest BCUT2D eigenvalue weighted by Crippen LogP contribution is 2.28. The summed E-state index contributed by atoms with van der Waals surface area (Å²) in [5, 5.41) is 8.10. The highest BCUT2D eigenvalue weighted by Gasteiger charge is 2.23. The largest absolute Gasteiger partial charge is 0.399 e. The van der Waals surface area contributed by atoms with Crippen LogP contribution in [0.3, 0.4) is 0 Å². The number of rotatable bonds is 9. The summed E-state index contributed by atoms with van der Waals surface area (Å²) in [6.07, 6.45) is 3.97. The molecule has 0 unspecified atom stereocenters. The van der Waals surface area contributed by atoms with Crippen LogP contribution < -0.4 is 16.4 Å². The average Bonchev–Trinajstić information content (AvgIpc) is 3.35. The van der Waals surface area contributed by atoms with Crippen LogP contribution in [0.25, 0.3) is 22.4 Å². The maximum atomic E-state index is 13.1. The molecule has 0 fully saturated rings. The summed E-state index contributed by atoms with van der Waals surface area (Å²) in [5.74, 6) is -0.645. The molecule has 0 saturated heterocycles. The van der Waals surface area contributed by atoms with Crippen molar-refractivity contribution in [3.8, 4) is 22.4 Å². The molecule has 4 aromatic rings. The number of nitrogens with one attached hydrogen (secondary N) is 2. The van der Waals surface area contributed by atoms with Gasteiger partial charge in [0.25, 0.3) is 5.91 Å². The quantitative estimate of drug-likeness (QED) is 0.277. The van der Waals surface area contributed by atoms with E-state index in [0.717, 1.165) is 22.4 Å². The van der Waals surface area contributed by atoms with Gasteiger partial charge in [-0.25, -0.2) is 4.98 Å². The molecule has 37 heavy (non-hydrogen) atoms. The van der Waals surface area contributed by atoms with Gasteiger partial charge >= 0.3 is 0 Å². The summed E-state index contributed by atoms with van der Waals surface area (Å²) in [6, 6.07) is 17.8. The Morgan fingerprint density at radius 2 is 1.70 bits per heavy atom. The van der Waals surface area contributed by atoms with Crippen LogP contribution in [0, 0.1) is 0 Å². The Hall–Kier alpha value is -3.73. The van der Waals surface area contributed by atoms with Gasteiger partial charge in [-0.15, -0.1) is 11.3 Å². The number of carbonyl (C=O) groups excluding carboxylic acids is 2. The first-order valence-corrected chi connectivity index (χ1v) is 12.4. The maximum absolute atomic E-state index is 13.1. The van der Waals surface area contributed by atoms with Crippen molar-refractivity contribution in [2.75, 3.05) is 31.7 Å². The first-order valence-electron chi connectivity index (χ1n) is 11.5. The lowest BCUT2D eigenvalue weighted by atomic mass is 10.0. The molecule has 4 rings (SSSR count). The maximum Gasteiger partial charge on any atom is 0.251 e. The van der Waals surface area contributed by atoms with Crippen LogP contribution in [0.15, 0.2) is 78.4 Å². The van der Waals surface area contributed by atoms with Crippen LogP contribution in [0.2, 0.25) is 0 Å². The molecule has 4 N–H and O–H groups in total. The summed E-state index contributed by atoms with van der Waals surface area (Å²) in [6.45, 7) is 0.630. The predicted molar refractivity (Wildman–Crippen MR) is 155 cm³/mol. The van der Waals surface area contributed by atoms with E-state index in [1.807, 2.05) is 54.7 Å². The van der Waals surface area contributed by atoms with Crippen LogP contribution >= 0.6 is 24.8 Å². The number of carbonyl (C=O) groups is 2. The van der Waals surface area contributed by atoms with Gasteiger partial charge in [0.2, 0.25) is 5.91 Å². The van der Waals surface area contributed by atoms with Crippen LogP contribution in [0.5, 0.6) is 0 Å². The van der Waals surface area contributed by atoms with Crippen LogP contribution in [0.1, 0.15) is 16.8 Å². The van der Waals surface area contributed by atoms with E-state index in [1.54, 1.807) is 36.7 Å². The van der Waals surface area contributed by atoms with Crippen molar-refractivity contribution in [3.63, 3.8) is 0 Å². The number of anilines is 2. The number of hydrogen-bond acceptors (Lipinski definition) is 7. The zero-order valence-corrected chi connectivity index (χ0v) is 22.5. The molecule has 8 nitrogen and oxygen atoms in total. The third-order valence-electron chi connectivity index (χ3n) is 5.57. The molecule has 10 heteroatoms. The second-order valence-corrected chi connectivity index (χ2v) is 9.44. The number of aromatic nitrogens is 2. The third kappa shape index (κ3) is 7.63. The Morgan fingerprint density at radius 1 is 1.00 bits per heavy atom. The second kappa shape index (κ2) is 13.0. The van der Waals surface area contributed by atoms with Gasteiger partial charge in [-0.05, 0) is 80.7 Å². The summed E-state index contributed by atoms with van der Waals surface area (Å²) in [7, 11) is 3.84. The van der Waals surface area contributed by atoms with Gasteiger partial charge in [0.15, 0.2) is 5.13 Å². The first kappa shape index (κ1) is 27.9. The summed E-state index contributed by atoms with van der Waals surface area (Å²) < 4.78 is 0. The number of nitrogens with two attached hydrogens (primary N) is 1. The fourth-order valence-electron chi connectivity index (χ4n) is 3.59. The van der Waals surface area contributed by atoms with Gasteiger partial charge in [-0.3, -0.25) is 14.6 Å². The number of nitrogens with zero attached hydrogens (tertiary/aromatic N) is 3. The van der Waals surface area contributed by atoms with E-state index >= 15 is 0 Å². The summed E-state index contributed by atoms with van der Waals surface area (Å²) in [4.78, 5) is 36.5. The minimum Gasteiger partial charge on any atom is -0.399 e. The van der Waals surface area contributed by atoms with Crippen molar-refractivity contribution in [1.82, 2.24) is 20.2 Å². The Bertz CT molecular complexity index is 1330. The van der Waals surface area contributed by atoms with E-state index in [-0.39, 0.29) is 25.3 Å². The van der Waals surface area contributed by atoms with Crippen molar-refractivity contribution >= 4 is 47.5 Å². The van der Waals surface area contributed by atoms with E-state index in [9.17, 15) is 9.59 Å². The fourth-order valence-corrected chi connectivity index (χ4v) is 4.31. The Morgan fingerprint density at radius 3 is 2.41 bits per heavy atom. The van der Waals surface area contributed by atoms with Crippen molar-refractivity contribution in [2.24, 2.45) is 0 Å². The zero-order chi connectivity index (χ0) is 25.5. The van der Waals surface area contributed by atoms with Crippen LogP contribution in [0.4, 0.5) is 10.8 Å². The third-order valence-corrected chi connectivity index (χ3v) is 6.32. The Balaban J connectivity index is 0.00000380. The molecule has 2 amide bonds. The lowest BCUT2D eigenvalue weighted by Crippen LogP contribution is -2.45. The summed E-state index contributed by atoms with van der Waals surface area (Å²) in [5.41, 5.74) is 10.6. The highest BCUT2D eigenvalue weighted by molar-refractivity contribution is 7.59. The Labute approximate surface area is 227 Å². The van der Waals surface area contributed by atoms with Gasteiger partial charge in [0.1, 0.15) is 6.04 Å². The molecule has 0 saturated carbocycles. The van der Waals surface area contributed by atoms with E-state index in [4.69, 9.17) is 5.73 Å². The van der Waals surface area contributed by atoms with E-state index in [0.29, 0.717) is 29.3 Å². The zero-order valence-electron chi connectivity index (χ0n) is 20.6. The fraction of sp³-hybridized carbons (Fsp3) is 0.185. The molecule has 192 valence electrons. The second-order valence-electron chi connectivity index (χ2n) is 8.58. The molecule has 2 aromatic carbocycles. The van der Waals surface area contributed by atoms with Crippen molar-refractivity contribution < 1.29 is 9.59 Å². The van der Waals surface area contributed by atoms with E-state index < -0.39 is 6.04 Å². The molecule has 0 aliphatic rings. The molecular weight excluding hydrogens is 504 g/mol. The van der Waals surface area contributed by atoms with Crippen molar-refractivity contribution in [1.29, 1.82) is 0 Å².